The topological polar surface area (TPSA) is 83.6 Å². The Labute approximate surface area is 127 Å². The molecule has 0 aromatic heterocycles. The molecule has 0 atom stereocenters. The number of nitrogens with zero attached hydrogens (tertiary/aromatic N) is 1. The van der Waals surface area contributed by atoms with Gasteiger partial charge in [-0.1, -0.05) is 24.3 Å². The summed E-state index contributed by atoms with van der Waals surface area (Å²) in [5, 5.41) is 1.50. The number of carbonyl (C=O) groups excluding carboxylic acids is 2. The summed E-state index contributed by atoms with van der Waals surface area (Å²) in [6, 6.07) is 10.6. The standard InChI is InChI=1S/C15H14N2O4S/c1-22(20,21)16-8-9-17-14(18)11-6-2-4-10-5-3-7-12(13(10)11)15(17)19/h2-7,16H,8-9H2,1H3. The van der Waals surface area contributed by atoms with E-state index >= 15 is 0 Å². The summed E-state index contributed by atoms with van der Waals surface area (Å²) < 4.78 is 24.5. The summed E-state index contributed by atoms with van der Waals surface area (Å²) in [7, 11) is -3.36. The van der Waals surface area contributed by atoms with Gasteiger partial charge in [-0.15, -0.1) is 0 Å². The predicted octanol–water partition coefficient (Wildman–Crippen LogP) is 0.985. The maximum atomic E-state index is 12.5. The Balaban J connectivity index is 1.97. The molecule has 0 fully saturated rings. The molecule has 1 aliphatic heterocycles. The molecule has 6 nitrogen and oxygen atoms in total. The predicted molar refractivity (Wildman–Crippen MR) is 82.2 cm³/mol. The molecule has 1 aliphatic rings. The Morgan fingerprint density at radius 2 is 1.55 bits per heavy atom. The van der Waals surface area contributed by atoms with Crippen molar-refractivity contribution in [3.8, 4) is 0 Å². The Hall–Kier alpha value is -2.25. The maximum absolute atomic E-state index is 12.5. The Morgan fingerprint density at radius 3 is 2.05 bits per heavy atom. The third-order valence-corrected chi connectivity index (χ3v) is 4.28. The highest BCUT2D eigenvalue weighted by atomic mass is 32.2. The average Bonchev–Trinajstić information content (AvgIpc) is 2.47. The fourth-order valence-corrected chi connectivity index (χ4v) is 3.09. The van der Waals surface area contributed by atoms with Crippen LogP contribution < -0.4 is 4.72 Å². The molecule has 2 amide bonds. The van der Waals surface area contributed by atoms with Crippen molar-refractivity contribution >= 4 is 32.6 Å². The fraction of sp³-hybridized carbons (Fsp3) is 0.200. The summed E-state index contributed by atoms with van der Waals surface area (Å²) in [5.41, 5.74) is 0.930. The van der Waals surface area contributed by atoms with E-state index in [-0.39, 0.29) is 13.1 Å². The van der Waals surface area contributed by atoms with Crippen LogP contribution in [0.4, 0.5) is 0 Å². The minimum absolute atomic E-state index is 0.00451. The number of imide groups is 1. The normalized spacial score (nSPS) is 14.7. The molecule has 0 unspecified atom stereocenters. The van der Waals surface area contributed by atoms with Gasteiger partial charge in [-0.3, -0.25) is 14.5 Å². The molecule has 3 rings (SSSR count). The van der Waals surface area contributed by atoms with Gasteiger partial charge in [0, 0.05) is 29.6 Å². The van der Waals surface area contributed by atoms with E-state index in [1.54, 1.807) is 24.3 Å². The van der Waals surface area contributed by atoms with E-state index in [1.807, 2.05) is 12.1 Å². The molecule has 0 radical (unpaired) electrons. The van der Waals surface area contributed by atoms with E-state index in [9.17, 15) is 18.0 Å². The van der Waals surface area contributed by atoms with E-state index in [0.29, 0.717) is 16.5 Å². The van der Waals surface area contributed by atoms with Crippen molar-refractivity contribution in [2.45, 2.75) is 0 Å². The number of hydrogen-bond acceptors (Lipinski definition) is 4. The first-order chi connectivity index (χ1) is 10.4. The maximum Gasteiger partial charge on any atom is 0.261 e. The van der Waals surface area contributed by atoms with E-state index in [4.69, 9.17) is 0 Å². The van der Waals surface area contributed by atoms with Crippen molar-refractivity contribution in [2.75, 3.05) is 19.3 Å². The first kappa shape index (κ1) is 14.7. The summed E-state index contributed by atoms with van der Waals surface area (Å²) in [4.78, 5) is 26.1. The molecule has 0 spiro atoms. The number of carbonyl (C=O) groups is 2. The number of benzene rings is 2. The van der Waals surface area contributed by atoms with Crippen LogP contribution in [0.15, 0.2) is 36.4 Å². The van der Waals surface area contributed by atoms with Crippen LogP contribution in [-0.4, -0.2) is 44.5 Å². The molecule has 0 saturated heterocycles. The minimum Gasteiger partial charge on any atom is -0.273 e. The molecule has 0 aliphatic carbocycles. The molecule has 1 heterocycles. The van der Waals surface area contributed by atoms with Crippen LogP contribution in [0.25, 0.3) is 10.8 Å². The van der Waals surface area contributed by atoms with Gasteiger partial charge in [-0.2, -0.15) is 0 Å². The van der Waals surface area contributed by atoms with Crippen LogP contribution in [0.2, 0.25) is 0 Å². The van der Waals surface area contributed by atoms with E-state index in [0.717, 1.165) is 16.5 Å². The first-order valence-electron chi connectivity index (χ1n) is 6.71. The van der Waals surface area contributed by atoms with Crippen molar-refractivity contribution < 1.29 is 18.0 Å². The Morgan fingerprint density at radius 1 is 1.00 bits per heavy atom. The highest BCUT2D eigenvalue weighted by Crippen LogP contribution is 2.29. The number of amides is 2. The Kier molecular flexibility index (Phi) is 3.46. The van der Waals surface area contributed by atoms with Gasteiger partial charge in [0.25, 0.3) is 11.8 Å². The zero-order valence-electron chi connectivity index (χ0n) is 11.9. The molecule has 7 heteroatoms. The van der Waals surface area contributed by atoms with Gasteiger partial charge in [0.05, 0.1) is 6.26 Å². The second kappa shape index (κ2) is 5.19. The lowest BCUT2D eigenvalue weighted by Crippen LogP contribution is -2.44. The zero-order chi connectivity index (χ0) is 15.9. The largest absolute Gasteiger partial charge is 0.273 e. The van der Waals surface area contributed by atoms with Crippen LogP contribution in [-0.2, 0) is 10.0 Å². The molecule has 2 aromatic carbocycles. The molecule has 114 valence electrons. The monoisotopic (exact) mass is 318 g/mol. The van der Waals surface area contributed by atoms with Gasteiger partial charge in [0.15, 0.2) is 0 Å². The van der Waals surface area contributed by atoms with Gasteiger partial charge in [0.2, 0.25) is 10.0 Å². The second-order valence-corrected chi connectivity index (χ2v) is 6.97. The van der Waals surface area contributed by atoms with E-state index < -0.39 is 21.8 Å². The lowest BCUT2D eigenvalue weighted by molar-refractivity contribution is 0.0614. The average molecular weight is 318 g/mol. The molecule has 0 bridgehead atoms. The van der Waals surface area contributed by atoms with Gasteiger partial charge >= 0.3 is 0 Å². The third-order valence-electron chi connectivity index (χ3n) is 3.56. The van der Waals surface area contributed by atoms with Gasteiger partial charge in [0.1, 0.15) is 0 Å². The summed E-state index contributed by atoms with van der Waals surface area (Å²) >= 11 is 0. The lowest BCUT2D eigenvalue weighted by atomic mass is 9.94. The summed E-state index contributed by atoms with van der Waals surface area (Å²) in [6.07, 6.45) is 1.03. The van der Waals surface area contributed by atoms with Gasteiger partial charge < -0.3 is 0 Å². The van der Waals surface area contributed by atoms with E-state index in [1.165, 1.54) is 0 Å². The third kappa shape index (κ3) is 2.49. The van der Waals surface area contributed by atoms with Gasteiger partial charge in [-0.05, 0) is 17.5 Å². The highest BCUT2D eigenvalue weighted by Gasteiger charge is 2.32. The Bertz CT molecular complexity index is 839. The van der Waals surface area contributed by atoms with Gasteiger partial charge in [-0.25, -0.2) is 13.1 Å². The van der Waals surface area contributed by atoms with Crippen molar-refractivity contribution in [1.82, 2.24) is 9.62 Å². The second-order valence-electron chi connectivity index (χ2n) is 5.14. The van der Waals surface area contributed by atoms with Crippen LogP contribution >= 0.6 is 0 Å². The zero-order valence-corrected chi connectivity index (χ0v) is 12.7. The SMILES string of the molecule is CS(=O)(=O)NCCN1C(=O)c2cccc3cccc(c23)C1=O. The summed E-state index contributed by atoms with van der Waals surface area (Å²) in [6.45, 7) is -0.0100. The molecule has 1 N–H and O–H groups in total. The smallest absolute Gasteiger partial charge is 0.261 e. The molecular formula is C15H14N2O4S. The highest BCUT2D eigenvalue weighted by molar-refractivity contribution is 7.88. The van der Waals surface area contributed by atoms with E-state index in [2.05, 4.69) is 4.72 Å². The van der Waals surface area contributed by atoms with Crippen molar-refractivity contribution in [3.63, 3.8) is 0 Å². The lowest BCUT2D eigenvalue weighted by Gasteiger charge is -2.27. The number of hydrogen-bond donors (Lipinski definition) is 1. The minimum atomic E-state index is -3.36. The van der Waals surface area contributed by atoms with Crippen molar-refractivity contribution in [1.29, 1.82) is 0 Å². The summed E-state index contributed by atoms with van der Waals surface area (Å²) in [5.74, 6) is -0.797. The quantitative estimate of drug-likeness (QED) is 0.852. The number of rotatable bonds is 4. The van der Waals surface area contributed by atoms with Crippen LogP contribution in [0.5, 0.6) is 0 Å². The molecule has 0 saturated carbocycles. The number of nitrogens with one attached hydrogen (secondary N) is 1. The number of sulfonamides is 1. The molecule has 22 heavy (non-hydrogen) atoms. The first-order valence-corrected chi connectivity index (χ1v) is 8.60. The molecule has 2 aromatic rings. The van der Waals surface area contributed by atoms with Crippen molar-refractivity contribution in [2.24, 2.45) is 0 Å². The van der Waals surface area contributed by atoms with Crippen LogP contribution in [0.3, 0.4) is 0 Å². The van der Waals surface area contributed by atoms with Crippen molar-refractivity contribution in [3.05, 3.63) is 47.5 Å². The molecular weight excluding hydrogens is 304 g/mol. The van der Waals surface area contributed by atoms with Crippen LogP contribution in [0.1, 0.15) is 20.7 Å². The van der Waals surface area contributed by atoms with Crippen LogP contribution in [0, 0.1) is 0 Å². The fourth-order valence-electron chi connectivity index (χ4n) is 2.63.